The van der Waals surface area contributed by atoms with Crippen molar-refractivity contribution in [2.45, 2.75) is 13.5 Å². The van der Waals surface area contributed by atoms with Crippen molar-refractivity contribution in [1.82, 2.24) is 9.55 Å². The molecule has 0 bridgehead atoms. The van der Waals surface area contributed by atoms with Gasteiger partial charge in [-0.15, -0.1) is 0 Å². The lowest BCUT2D eigenvalue weighted by Gasteiger charge is -2.04. The number of benzene rings is 1. The van der Waals surface area contributed by atoms with E-state index in [1.54, 1.807) is 12.5 Å². The van der Waals surface area contributed by atoms with E-state index >= 15 is 0 Å². The van der Waals surface area contributed by atoms with Gasteiger partial charge in [0, 0.05) is 18.9 Å². The minimum atomic E-state index is 0.740. The highest BCUT2D eigenvalue weighted by Crippen LogP contribution is 2.11. The maximum Gasteiger partial charge on any atom is 0.0994 e. The first kappa shape index (κ1) is 9.47. The Balaban J connectivity index is 2.24. The van der Waals surface area contributed by atoms with Gasteiger partial charge in [-0.25, -0.2) is 4.98 Å². The fourth-order valence-electron chi connectivity index (χ4n) is 1.54. The highest BCUT2D eigenvalue weighted by atomic mass is 15.0. The smallest absolute Gasteiger partial charge is 0.0994 e. The molecule has 74 valence electrons. The molecule has 1 heterocycles. The zero-order valence-electron chi connectivity index (χ0n) is 8.51. The second-order valence-corrected chi connectivity index (χ2v) is 3.50. The summed E-state index contributed by atoms with van der Waals surface area (Å²) in [6.07, 6.45) is 5.47. The summed E-state index contributed by atoms with van der Waals surface area (Å²) < 4.78 is 2.00. The largest absolute Gasteiger partial charge is 0.333 e. The summed E-state index contributed by atoms with van der Waals surface area (Å²) in [7, 11) is 0. The van der Waals surface area contributed by atoms with Gasteiger partial charge in [0.1, 0.15) is 0 Å². The standard InChI is InChI=1S/C12H11N3/c1-10-6-11(2-3-12(10)7-13)8-15-5-4-14-9-15/h2-6,9H,8H2,1H3. The van der Waals surface area contributed by atoms with Crippen molar-refractivity contribution >= 4 is 0 Å². The number of nitriles is 1. The third-order valence-electron chi connectivity index (χ3n) is 2.34. The van der Waals surface area contributed by atoms with E-state index < -0.39 is 0 Å². The lowest BCUT2D eigenvalue weighted by molar-refractivity contribution is 0.796. The summed E-state index contributed by atoms with van der Waals surface area (Å²) in [5.74, 6) is 0. The zero-order chi connectivity index (χ0) is 10.7. The van der Waals surface area contributed by atoms with Crippen LogP contribution in [0.5, 0.6) is 0 Å². The van der Waals surface area contributed by atoms with Gasteiger partial charge < -0.3 is 4.57 Å². The van der Waals surface area contributed by atoms with Gasteiger partial charge in [0.2, 0.25) is 0 Å². The van der Waals surface area contributed by atoms with Crippen LogP contribution in [-0.4, -0.2) is 9.55 Å². The molecular formula is C12H11N3. The normalized spacial score (nSPS) is 9.87. The molecule has 0 fully saturated rings. The first-order chi connectivity index (χ1) is 7.29. The Kier molecular flexibility index (Phi) is 2.51. The molecule has 0 amide bonds. The summed E-state index contributed by atoms with van der Waals surface area (Å²) in [5.41, 5.74) is 2.95. The van der Waals surface area contributed by atoms with Crippen LogP contribution in [0.3, 0.4) is 0 Å². The maximum absolute atomic E-state index is 8.80. The van der Waals surface area contributed by atoms with E-state index in [0.717, 1.165) is 17.7 Å². The van der Waals surface area contributed by atoms with Crippen LogP contribution in [0, 0.1) is 18.3 Å². The topological polar surface area (TPSA) is 41.6 Å². The fraction of sp³-hybridized carbons (Fsp3) is 0.167. The molecule has 0 saturated heterocycles. The molecule has 1 aromatic heterocycles. The van der Waals surface area contributed by atoms with E-state index in [1.165, 1.54) is 5.56 Å². The average Bonchev–Trinajstić information content (AvgIpc) is 2.71. The number of hydrogen-bond donors (Lipinski definition) is 0. The summed E-state index contributed by atoms with van der Waals surface area (Å²) in [6, 6.07) is 8.04. The van der Waals surface area contributed by atoms with Crippen molar-refractivity contribution in [3.8, 4) is 6.07 Å². The van der Waals surface area contributed by atoms with Crippen molar-refractivity contribution in [2.75, 3.05) is 0 Å². The van der Waals surface area contributed by atoms with Crippen LogP contribution in [0.15, 0.2) is 36.9 Å². The highest BCUT2D eigenvalue weighted by molar-refractivity contribution is 5.39. The molecule has 0 aliphatic heterocycles. The van der Waals surface area contributed by atoms with E-state index in [9.17, 15) is 0 Å². The minimum Gasteiger partial charge on any atom is -0.333 e. The number of imidazole rings is 1. The molecule has 0 N–H and O–H groups in total. The summed E-state index contributed by atoms with van der Waals surface area (Å²) >= 11 is 0. The maximum atomic E-state index is 8.80. The Labute approximate surface area is 88.6 Å². The van der Waals surface area contributed by atoms with Gasteiger partial charge in [0.25, 0.3) is 0 Å². The van der Waals surface area contributed by atoms with E-state index in [0.29, 0.717) is 0 Å². The first-order valence-electron chi connectivity index (χ1n) is 4.75. The first-order valence-corrected chi connectivity index (χ1v) is 4.75. The van der Waals surface area contributed by atoms with Gasteiger partial charge >= 0.3 is 0 Å². The Bertz CT molecular complexity index is 492. The van der Waals surface area contributed by atoms with Gasteiger partial charge in [0.05, 0.1) is 18.0 Å². The Morgan fingerprint density at radius 2 is 2.33 bits per heavy atom. The predicted molar refractivity (Wildman–Crippen MR) is 57.2 cm³/mol. The van der Waals surface area contributed by atoms with Crippen LogP contribution in [-0.2, 0) is 6.54 Å². The fourth-order valence-corrected chi connectivity index (χ4v) is 1.54. The quantitative estimate of drug-likeness (QED) is 0.739. The molecule has 3 nitrogen and oxygen atoms in total. The molecule has 0 aliphatic carbocycles. The van der Waals surface area contributed by atoms with Gasteiger partial charge in [-0.2, -0.15) is 5.26 Å². The lowest BCUT2D eigenvalue weighted by Crippen LogP contribution is -1.97. The molecule has 0 spiro atoms. The molecule has 2 aromatic rings. The minimum absolute atomic E-state index is 0.740. The van der Waals surface area contributed by atoms with Gasteiger partial charge in [-0.1, -0.05) is 12.1 Å². The summed E-state index contributed by atoms with van der Waals surface area (Å²) in [6.45, 7) is 2.75. The molecule has 15 heavy (non-hydrogen) atoms. The second kappa shape index (κ2) is 3.97. The monoisotopic (exact) mass is 197 g/mol. The van der Waals surface area contributed by atoms with Crippen molar-refractivity contribution < 1.29 is 0 Å². The number of aryl methyl sites for hydroxylation is 1. The number of rotatable bonds is 2. The third-order valence-corrected chi connectivity index (χ3v) is 2.34. The summed E-state index contributed by atoms with van der Waals surface area (Å²) in [4.78, 5) is 3.99. The van der Waals surface area contributed by atoms with Crippen molar-refractivity contribution in [1.29, 1.82) is 5.26 Å². The molecule has 0 atom stereocenters. The summed E-state index contributed by atoms with van der Waals surface area (Å²) in [5, 5.41) is 8.80. The number of nitrogens with zero attached hydrogens (tertiary/aromatic N) is 3. The van der Waals surface area contributed by atoms with Crippen LogP contribution < -0.4 is 0 Å². The number of aromatic nitrogens is 2. The third kappa shape index (κ3) is 2.05. The van der Waals surface area contributed by atoms with E-state index in [2.05, 4.69) is 11.1 Å². The Hall–Kier alpha value is -2.08. The van der Waals surface area contributed by atoms with E-state index in [-0.39, 0.29) is 0 Å². The molecule has 2 rings (SSSR count). The van der Waals surface area contributed by atoms with Crippen molar-refractivity contribution in [3.63, 3.8) is 0 Å². The van der Waals surface area contributed by atoms with E-state index in [1.807, 2.05) is 35.9 Å². The molecule has 0 saturated carbocycles. The van der Waals surface area contributed by atoms with Crippen molar-refractivity contribution in [3.05, 3.63) is 53.6 Å². The zero-order valence-corrected chi connectivity index (χ0v) is 8.51. The van der Waals surface area contributed by atoms with Crippen LogP contribution in [0.4, 0.5) is 0 Å². The van der Waals surface area contributed by atoms with Crippen LogP contribution in [0.1, 0.15) is 16.7 Å². The Morgan fingerprint density at radius 1 is 1.47 bits per heavy atom. The van der Waals surface area contributed by atoms with E-state index in [4.69, 9.17) is 5.26 Å². The van der Waals surface area contributed by atoms with Crippen molar-refractivity contribution in [2.24, 2.45) is 0 Å². The van der Waals surface area contributed by atoms with Gasteiger partial charge in [0.15, 0.2) is 0 Å². The van der Waals surface area contributed by atoms with Crippen LogP contribution in [0.25, 0.3) is 0 Å². The number of hydrogen-bond acceptors (Lipinski definition) is 2. The molecule has 1 aromatic carbocycles. The second-order valence-electron chi connectivity index (χ2n) is 3.50. The van der Waals surface area contributed by atoms with Crippen LogP contribution in [0.2, 0.25) is 0 Å². The molecule has 3 heteroatoms. The highest BCUT2D eigenvalue weighted by Gasteiger charge is 1.99. The molecular weight excluding hydrogens is 186 g/mol. The van der Waals surface area contributed by atoms with Gasteiger partial charge in [-0.05, 0) is 24.1 Å². The lowest BCUT2D eigenvalue weighted by atomic mass is 10.1. The Morgan fingerprint density at radius 3 is 2.93 bits per heavy atom. The molecule has 0 aliphatic rings. The van der Waals surface area contributed by atoms with Crippen LogP contribution >= 0.6 is 0 Å². The SMILES string of the molecule is Cc1cc(Cn2ccnc2)ccc1C#N. The average molecular weight is 197 g/mol. The predicted octanol–water partition coefficient (Wildman–Crippen LogP) is 2.11. The molecule has 0 radical (unpaired) electrons. The van der Waals surface area contributed by atoms with Gasteiger partial charge in [-0.3, -0.25) is 0 Å². The molecule has 0 unspecified atom stereocenters.